The van der Waals surface area contributed by atoms with Gasteiger partial charge in [-0.3, -0.25) is 4.72 Å². The number of nitrogens with one attached hydrogen (secondary N) is 1. The number of hydrogen-bond acceptors (Lipinski definition) is 3. The Hall–Kier alpha value is -1.28. The highest BCUT2D eigenvalue weighted by molar-refractivity contribution is 7.92. The second-order valence-electron chi connectivity index (χ2n) is 3.10. The van der Waals surface area contributed by atoms with Gasteiger partial charge in [-0.25, -0.2) is 21.6 Å². The standard InChI is InChI=1S/C8H9F3N2O2S/c1-16(14,15)13-8-5(9)2-4(3-12)6(10)7(8)11/h2,13H,3,12H2,1H3. The Morgan fingerprint density at radius 3 is 2.31 bits per heavy atom. The average molecular weight is 254 g/mol. The summed E-state index contributed by atoms with van der Waals surface area (Å²) in [4.78, 5) is 0. The van der Waals surface area contributed by atoms with Crippen LogP contribution in [0.1, 0.15) is 5.56 Å². The van der Waals surface area contributed by atoms with Gasteiger partial charge in [0.05, 0.1) is 6.26 Å². The Labute approximate surface area is 90.3 Å². The molecule has 0 radical (unpaired) electrons. The lowest BCUT2D eigenvalue weighted by atomic mass is 10.1. The molecule has 0 fully saturated rings. The quantitative estimate of drug-likeness (QED) is 0.788. The Bertz CT molecular complexity index is 517. The van der Waals surface area contributed by atoms with Crippen molar-refractivity contribution in [3.05, 3.63) is 29.1 Å². The van der Waals surface area contributed by atoms with Crippen LogP contribution >= 0.6 is 0 Å². The van der Waals surface area contributed by atoms with Crippen LogP contribution in [-0.4, -0.2) is 14.7 Å². The van der Waals surface area contributed by atoms with Gasteiger partial charge in [-0.15, -0.1) is 0 Å². The number of rotatable bonds is 3. The molecule has 0 unspecified atom stereocenters. The second kappa shape index (κ2) is 4.30. The minimum Gasteiger partial charge on any atom is -0.326 e. The summed E-state index contributed by atoms with van der Waals surface area (Å²) in [6.45, 7) is -0.390. The lowest BCUT2D eigenvalue weighted by molar-refractivity contribution is 0.490. The first kappa shape index (κ1) is 12.8. The van der Waals surface area contributed by atoms with Crippen molar-refractivity contribution in [1.29, 1.82) is 0 Å². The monoisotopic (exact) mass is 254 g/mol. The van der Waals surface area contributed by atoms with E-state index in [2.05, 4.69) is 0 Å². The van der Waals surface area contributed by atoms with Gasteiger partial charge in [-0.05, 0) is 6.07 Å². The highest BCUT2D eigenvalue weighted by Crippen LogP contribution is 2.25. The number of anilines is 1. The van der Waals surface area contributed by atoms with Crippen LogP contribution in [0, 0.1) is 17.5 Å². The van der Waals surface area contributed by atoms with Crippen LogP contribution in [-0.2, 0) is 16.6 Å². The fourth-order valence-electron chi connectivity index (χ4n) is 1.07. The minimum absolute atomic E-state index is 0.367. The third-order valence-electron chi connectivity index (χ3n) is 1.74. The number of hydrogen-bond donors (Lipinski definition) is 2. The van der Waals surface area contributed by atoms with Crippen LogP contribution in [0.25, 0.3) is 0 Å². The highest BCUT2D eigenvalue weighted by Gasteiger charge is 2.20. The van der Waals surface area contributed by atoms with E-state index in [1.54, 1.807) is 4.72 Å². The van der Waals surface area contributed by atoms with Gasteiger partial charge in [0.25, 0.3) is 0 Å². The van der Waals surface area contributed by atoms with E-state index in [0.29, 0.717) is 12.3 Å². The molecule has 1 aromatic carbocycles. The first-order valence-corrected chi connectivity index (χ1v) is 5.99. The third-order valence-corrected chi connectivity index (χ3v) is 2.32. The first-order valence-electron chi connectivity index (χ1n) is 4.10. The fourth-order valence-corrected chi connectivity index (χ4v) is 1.63. The normalized spacial score (nSPS) is 11.6. The van der Waals surface area contributed by atoms with Crippen molar-refractivity contribution < 1.29 is 21.6 Å². The lowest BCUT2D eigenvalue weighted by Crippen LogP contribution is -2.14. The van der Waals surface area contributed by atoms with E-state index in [0.717, 1.165) is 0 Å². The zero-order chi connectivity index (χ0) is 12.5. The third kappa shape index (κ3) is 2.64. The summed E-state index contributed by atoms with van der Waals surface area (Å²) in [5.74, 6) is -4.19. The average Bonchev–Trinajstić information content (AvgIpc) is 2.17. The molecule has 0 aromatic heterocycles. The number of nitrogens with two attached hydrogens (primary N) is 1. The maximum atomic E-state index is 13.2. The second-order valence-corrected chi connectivity index (χ2v) is 4.85. The van der Waals surface area contributed by atoms with Crippen LogP contribution in [0.3, 0.4) is 0 Å². The van der Waals surface area contributed by atoms with Gasteiger partial charge >= 0.3 is 0 Å². The maximum absolute atomic E-state index is 13.2. The molecule has 0 saturated carbocycles. The van der Waals surface area contributed by atoms with E-state index in [9.17, 15) is 21.6 Å². The molecule has 3 N–H and O–H groups in total. The molecule has 0 heterocycles. The molecular weight excluding hydrogens is 245 g/mol. The molecule has 0 bridgehead atoms. The van der Waals surface area contributed by atoms with E-state index >= 15 is 0 Å². The summed E-state index contributed by atoms with van der Waals surface area (Å²) in [5, 5.41) is 0. The SMILES string of the molecule is CS(=O)(=O)Nc1c(F)cc(CN)c(F)c1F. The van der Waals surface area contributed by atoms with Gasteiger partial charge in [0.1, 0.15) is 5.69 Å². The van der Waals surface area contributed by atoms with Gasteiger partial charge in [0.15, 0.2) is 17.5 Å². The molecule has 8 heteroatoms. The van der Waals surface area contributed by atoms with E-state index in [1.165, 1.54) is 0 Å². The smallest absolute Gasteiger partial charge is 0.230 e. The Morgan fingerprint density at radius 1 is 1.31 bits per heavy atom. The molecule has 90 valence electrons. The Balaban J connectivity index is 3.37. The van der Waals surface area contributed by atoms with Crippen molar-refractivity contribution in [2.45, 2.75) is 6.54 Å². The molecule has 1 rings (SSSR count). The van der Waals surface area contributed by atoms with Crippen molar-refractivity contribution >= 4 is 15.7 Å². The molecule has 16 heavy (non-hydrogen) atoms. The predicted octanol–water partition coefficient (Wildman–Crippen LogP) is 0.934. The fraction of sp³-hybridized carbons (Fsp3) is 0.250. The van der Waals surface area contributed by atoms with E-state index in [1.807, 2.05) is 0 Å². The van der Waals surface area contributed by atoms with Crippen LogP contribution in [0.5, 0.6) is 0 Å². The van der Waals surface area contributed by atoms with Crippen molar-refractivity contribution in [2.75, 3.05) is 11.0 Å². The molecule has 0 atom stereocenters. The first-order chi connectivity index (χ1) is 7.26. The number of sulfonamides is 1. The molecule has 0 aliphatic heterocycles. The van der Waals surface area contributed by atoms with Crippen molar-refractivity contribution in [3.8, 4) is 0 Å². The maximum Gasteiger partial charge on any atom is 0.230 e. The Kier molecular flexibility index (Phi) is 3.44. The highest BCUT2D eigenvalue weighted by atomic mass is 32.2. The number of benzene rings is 1. The van der Waals surface area contributed by atoms with Gasteiger partial charge in [-0.1, -0.05) is 0 Å². The van der Waals surface area contributed by atoms with Gasteiger partial charge in [0, 0.05) is 12.1 Å². The van der Waals surface area contributed by atoms with Crippen LogP contribution in [0.4, 0.5) is 18.9 Å². The van der Waals surface area contributed by atoms with E-state index in [-0.39, 0.29) is 5.56 Å². The molecule has 0 aliphatic carbocycles. The predicted molar refractivity (Wildman–Crippen MR) is 52.7 cm³/mol. The summed E-state index contributed by atoms with van der Waals surface area (Å²) < 4.78 is 62.7. The Morgan fingerprint density at radius 2 is 1.88 bits per heavy atom. The van der Waals surface area contributed by atoms with Gasteiger partial charge in [0.2, 0.25) is 10.0 Å². The van der Waals surface area contributed by atoms with Crippen LogP contribution in [0.15, 0.2) is 6.07 Å². The van der Waals surface area contributed by atoms with Crippen LogP contribution in [0.2, 0.25) is 0 Å². The molecule has 0 aliphatic rings. The van der Waals surface area contributed by atoms with Crippen LogP contribution < -0.4 is 10.5 Å². The molecule has 0 saturated heterocycles. The molecular formula is C8H9F3N2O2S. The van der Waals surface area contributed by atoms with E-state index < -0.39 is 39.7 Å². The van der Waals surface area contributed by atoms with Crippen molar-refractivity contribution in [3.63, 3.8) is 0 Å². The largest absolute Gasteiger partial charge is 0.326 e. The molecule has 4 nitrogen and oxygen atoms in total. The summed E-state index contributed by atoms with van der Waals surface area (Å²) in [6, 6.07) is 0.645. The summed E-state index contributed by atoms with van der Waals surface area (Å²) in [5.41, 5.74) is 3.64. The molecule has 0 spiro atoms. The zero-order valence-corrected chi connectivity index (χ0v) is 9.04. The molecule has 1 aromatic rings. The minimum atomic E-state index is -3.89. The van der Waals surface area contributed by atoms with Gasteiger partial charge < -0.3 is 5.73 Å². The molecule has 0 amide bonds. The van der Waals surface area contributed by atoms with Crippen molar-refractivity contribution in [2.24, 2.45) is 5.73 Å². The number of halogens is 3. The van der Waals surface area contributed by atoms with Crippen molar-refractivity contribution in [1.82, 2.24) is 0 Å². The zero-order valence-electron chi connectivity index (χ0n) is 8.22. The van der Waals surface area contributed by atoms with Gasteiger partial charge in [-0.2, -0.15) is 0 Å². The summed E-state index contributed by atoms with van der Waals surface area (Å²) in [6.07, 6.45) is 0.695. The lowest BCUT2D eigenvalue weighted by Gasteiger charge is -2.09. The summed E-state index contributed by atoms with van der Waals surface area (Å²) >= 11 is 0. The van der Waals surface area contributed by atoms with E-state index in [4.69, 9.17) is 5.73 Å². The topological polar surface area (TPSA) is 72.2 Å². The summed E-state index contributed by atoms with van der Waals surface area (Å²) in [7, 11) is -3.89.